The predicted molar refractivity (Wildman–Crippen MR) is 70.1 cm³/mol. The third kappa shape index (κ3) is 1.98. The first-order valence-electron chi connectivity index (χ1n) is 5.99. The molecule has 1 N–H and O–H groups in total. The second-order valence-corrected chi connectivity index (χ2v) is 5.27. The maximum atomic E-state index is 10.2. The maximum Gasteiger partial charge on any atom is 0.141 e. The Kier molecular flexibility index (Phi) is 2.88. The Balaban J connectivity index is 2.80. The van der Waals surface area contributed by atoms with E-state index in [0.717, 1.165) is 11.0 Å². The Labute approximate surface area is 106 Å². The van der Waals surface area contributed by atoms with Gasteiger partial charge in [0, 0.05) is 6.04 Å². The highest BCUT2D eigenvalue weighted by Crippen LogP contribution is 2.28. The maximum absolute atomic E-state index is 10.2. The molecule has 0 aliphatic carbocycles. The first-order valence-corrected chi connectivity index (χ1v) is 5.99. The van der Waals surface area contributed by atoms with E-state index in [4.69, 9.17) is 5.26 Å². The zero-order chi connectivity index (χ0) is 13.5. The number of nitriles is 1. The first kappa shape index (κ1) is 12.6. The largest absolute Gasteiger partial charge is 0.383 e. The molecule has 2 rings (SSSR count). The van der Waals surface area contributed by atoms with Crippen LogP contribution in [0.25, 0.3) is 11.0 Å². The van der Waals surface area contributed by atoms with Gasteiger partial charge < -0.3 is 9.67 Å². The van der Waals surface area contributed by atoms with Gasteiger partial charge in [0.1, 0.15) is 11.4 Å². The molecular formula is C14H17N3O. The second kappa shape index (κ2) is 4.11. The highest BCUT2D eigenvalue weighted by Gasteiger charge is 2.25. The number of rotatable bonds is 2. The first-order chi connectivity index (χ1) is 8.34. The van der Waals surface area contributed by atoms with Crippen molar-refractivity contribution >= 4 is 11.0 Å². The van der Waals surface area contributed by atoms with Crippen molar-refractivity contribution in [2.24, 2.45) is 0 Å². The lowest BCUT2D eigenvalue weighted by Crippen LogP contribution is -2.23. The number of hydrogen-bond acceptors (Lipinski definition) is 3. The smallest absolute Gasteiger partial charge is 0.141 e. The third-order valence-electron chi connectivity index (χ3n) is 2.88. The minimum absolute atomic E-state index is 0.198. The summed E-state index contributed by atoms with van der Waals surface area (Å²) >= 11 is 0. The van der Waals surface area contributed by atoms with Crippen molar-refractivity contribution in [3.63, 3.8) is 0 Å². The third-order valence-corrected chi connectivity index (χ3v) is 2.88. The van der Waals surface area contributed by atoms with E-state index < -0.39 is 5.60 Å². The Morgan fingerprint density at radius 2 is 2.06 bits per heavy atom. The molecule has 0 unspecified atom stereocenters. The zero-order valence-corrected chi connectivity index (χ0v) is 11.1. The molecule has 0 atom stereocenters. The molecule has 1 aromatic heterocycles. The van der Waals surface area contributed by atoms with Crippen LogP contribution in [0.1, 0.15) is 45.1 Å². The van der Waals surface area contributed by atoms with Crippen molar-refractivity contribution in [2.75, 3.05) is 0 Å². The lowest BCUT2D eigenvalue weighted by molar-refractivity contribution is 0.0641. The van der Waals surface area contributed by atoms with E-state index in [1.807, 2.05) is 10.6 Å². The molecule has 2 aromatic rings. The summed E-state index contributed by atoms with van der Waals surface area (Å²) in [6.07, 6.45) is 0. The van der Waals surface area contributed by atoms with Crippen LogP contribution >= 0.6 is 0 Å². The minimum atomic E-state index is -1.00. The summed E-state index contributed by atoms with van der Waals surface area (Å²) in [6.45, 7) is 7.54. The van der Waals surface area contributed by atoms with Crippen molar-refractivity contribution < 1.29 is 5.11 Å². The Morgan fingerprint density at radius 3 is 2.56 bits per heavy atom. The van der Waals surface area contributed by atoms with Gasteiger partial charge in [0.05, 0.1) is 22.7 Å². The quantitative estimate of drug-likeness (QED) is 0.882. The average Bonchev–Trinajstić information content (AvgIpc) is 2.66. The van der Waals surface area contributed by atoms with Crippen LogP contribution in [0.2, 0.25) is 0 Å². The van der Waals surface area contributed by atoms with Gasteiger partial charge in [-0.1, -0.05) is 0 Å². The van der Waals surface area contributed by atoms with Crippen LogP contribution in [-0.4, -0.2) is 14.7 Å². The molecule has 0 saturated carbocycles. The van der Waals surface area contributed by atoms with E-state index in [1.165, 1.54) is 0 Å². The number of imidazole rings is 1. The molecule has 0 fully saturated rings. The summed E-state index contributed by atoms with van der Waals surface area (Å²) in [6, 6.07) is 7.72. The molecule has 0 radical (unpaired) electrons. The highest BCUT2D eigenvalue weighted by molar-refractivity contribution is 5.78. The van der Waals surface area contributed by atoms with Crippen LogP contribution < -0.4 is 0 Å². The number of nitrogens with zero attached hydrogens (tertiary/aromatic N) is 3. The molecule has 1 aromatic carbocycles. The van der Waals surface area contributed by atoms with Crippen LogP contribution in [-0.2, 0) is 5.60 Å². The normalized spacial score (nSPS) is 12.1. The average molecular weight is 243 g/mol. The summed E-state index contributed by atoms with van der Waals surface area (Å²) in [5, 5.41) is 19.1. The van der Waals surface area contributed by atoms with Crippen molar-refractivity contribution in [1.82, 2.24) is 9.55 Å². The fraction of sp³-hybridized carbons (Fsp3) is 0.429. The second-order valence-electron chi connectivity index (χ2n) is 5.27. The summed E-state index contributed by atoms with van der Waals surface area (Å²) in [7, 11) is 0. The summed E-state index contributed by atoms with van der Waals surface area (Å²) < 4.78 is 2.01. The number of hydrogen-bond donors (Lipinski definition) is 1. The summed E-state index contributed by atoms with van der Waals surface area (Å²) in [4.78, 5) is 4.48. The lowest BCUT2D eigenvalue weighted by Gasteiger charge is -2.21. The van der Waals surface area contributed by atoms with Gasteiger partial charge in [-0.05, 0) is 45.9 Å². The van der Waals surface area contributed by atoms with E-state index in [2.05, 4.69) is 24.9 Å². The van der Waals surface area contributed by atoms with E-state index in [0.29, 0.717) is 11.4 Å². The Bertz CT molecular complexity index is 627. The van der Waals surface area contributed by atoms with Gasteiger partial charge in [-0.15, -0.1) is 0 Å². The molecule has 0 aliphatic heterocycles. The highest BCUT2D eigenvalue weighted by atomic mass is 16.3. The van der Waals surface area contributed by atoms with E-state index in [1.54, 1.807) is 26.0 Å². The fourth-order valence-electron chi connectivity index (χ4n) is 2.12. The number of fused-ring (bicyclic) bond motifs is 1. The number of benzene rings is 1. The molecule has 4 heteroatoms. The van der Waals surface area contributed by atoms with Gasteiger partial charge >= 0.3 is 0 Å². The monoisotopic (exact) mass is 243 g/mol. The predicted octanol–water partition coefficient (Wildman–Crippen LogP) is 2.72. The number of aliphatic hydroxyl groups is 1. The van der Waals surface area contributed by atoms with Gasteiger partial charge in [-0.3, -0.25) is 0 Å². The standard InChI is InChI=1S/C14H17N3O/c1-9(2)17-12-6-5-10(8-15)7-11(12)16-13(17)14(3,4)18/h5-7,9,18H,1-4H3. The molecule has 4 nitrogen and oxygen atoms in total. The molecule has 0 spiro atoms. The summed E-state index contributed by atoms with van der Waals surface area (Å²) in [5.41, 5.74) is 1.27. The molecule has 94 valence electrons. The molecule has 0 bridgehead atoms. The Morgan fingerprint density at radius 1 is 1.39 bits per heavy atom. The number of aromatic nitrogens is 2. The van der Waals surface area contributed by atoms with Crippen molar-refractivity contribution in [1.29, 1.82) is 5.26 Å². The molecule has 0 aliphatic rings. The van der Waals surface area contributed by atoms with Crippen LogP contribution in [0, 0.1) is 11.3 Å². The molecule has 1 heterocycles. The fourth-order valence-corrected chi connectivity index (χ4v) is 2.12. The van der Waals surface area contributed by atoms with Gasteiger partial charge in [0.2, 0.25) is 0 Å². The van der Waals surface area contributed by atoms with Crippen LogP contribution in [0.3, 0.4) is 0 Å². The summed E-state index contributed by atoms with van der Waals surface area (Å²) in [5.74, 6) is 0.627. The Hall–Kier alpha value is -1.86. The van der Waals surface area contributed by atoms with Crippen LogP contribution in [0.4, 0.5) is 0 Å². The van der Waals surface area contributed by atoms with Crippen molar-refractivity contribution in [3.05, 3.63) is 29.6 Å². The van der Waals surface area contributed by atoms with Gasteiger partial charge in [0.15, 0.2) is 0 Å². The zero-order valence-electron chi connectivity index (χ0n) is 11.1. The SMILES string of the molecule is CC(C)n1c(C(C)(C)O)nc2cc(C#N)ccc21. The van der Waals surface area contributed by atoms with Crippen molar-refractivity contribution in [2.45, 2.75) is 39.3 Å². The van der Waals surface area contributed by atoms with Gasteiger partial charge in [0.25, 0.3) is 0 Å². The van der Waals surface area contributed by atoms with Crippen molar-refractivity contribution in [3.8, 4) is 6.07 Å². The van der Waals surface area contributed by atoms with E-state index >= 15 is 0 Å². The van der Waals surface area contributed by atoms with Crippen LogP contribution in [0.5, 0.6) is 0 Å². The van der Waals surface area contributed by atoms with Crippen LogP contribution in [0.15, 0.2) is 18.2 Å². The van der Waals surface area contributed by atoms with Gasteiger partial charge in [-0.25, -0.2) is 4.98 Å². The molecule has 0 amide bonds. The topological polar surface area (TPSA) is 61.8 Å². The van der Waals surface area contributed by atoms with E-state index in [-0.39, 0.29) is 6.04 Å². The molecule has 0 saturated heterocycles. The van der Waals surface area contributed by atoms with Gasteiger partial charge in [-0.2, -0.15) is 5.26 Å². The molecular weight excluding hydrogens is 226 g/mol. The lowest BCUT2D eigenvalue weighted by atomic mass is 10.1. The minimum Gasteiger partial charge on any atom is -0.383 e. The molecule has 18 heavy (non-hydrogen) atoms. The van der Waals surface area contributed by atoms with E-state index in [9.17, 15) is 5.11 Å².